The summed E-state index contributed by atoms with van der Waals surface area (Å²) >= 11 is 0. The fourth-order valence-corrected chi connectivity index (χ4v) is 6.01. The van der Waals surface area contributed by atoms with Gasteiger partial charge in [0.2, 0.25) is 0 Å². The van der Waals surface area contributed by atoms with Gasteiger partial charge in [0.25, 0.3) is 0 Å². The number of hydrogen-bond donors (Lipinski definition) is 0. The molecule has 3 heterocycles. The molecule has 0 N–H and O–H groups in total. The van der Waals surface area contributed by atoms with Gasteiger partial charge in [-0.1, -0.05) is 66.7 Å². The minimum Gasteiger partial charge on any atom is -0.448 e. The molecule has 1 aromatic heterocycles. The van der Waals surface area contributed by atoms with Gasteiger partial charge in [0.1, 0.15) is 6.61 Å². The van der Waals surface area contributed by atoms with Crippen molar-refractivity contribution in [1.29, 1.82) is 0 Å². The van der Waals surface area contributed by atoms with Crippen LogP contribution in [0.4, 0.5) is 4.79 Å². The number of carbonyl (C=O) groups excluding carboxylic acids is 1. The van der Waals surface area contributed by atoms with Gasteiger partial charge in [-0.25, -0.2) is 9.48 Å². The molecular weight excluding hydrogens is 462 g/mol. The van der Waals surface area contributed by atoms with Crippen LogP contribution in [0.3, 0.4) is 0 Å². The molecule has 1 fully saturated rings. The van der Waals surface area contributed by atoms with Crippen molar-refractivity contribution < 1.29 is 14.3 Å². The van der Waals surface area contributed by atoms with E-state index in [1.165, 1.54) is 33.4 Å². The Balaban J connectivity index is 1.09. The van der Waals surface area contributed by atoms with Crippen LogP contribution in [0, 0.1) is 0 Å². The highest BCUT2D eigenvalue weighted by molar-refractivity contribution is 5.79. The highest BCUT2D eigenvalue weighted by Gasteiger charge is 2.40. The Hall–Kier alpha value is -4.16. The average molecular weight is 490 g/mol. The van der Waals surface area contributed by atoms with E-state index >= 15 is 0 Å². The standard InChI is InChI=1S/C31H27N3O3/c35-31(37-20-30-28-8-3-1-6-26(28)27-7-2-4-9-29(27)30)34-24-16-22(17-25(34)19-36-18-24)21-10-12-23(13-11-21)33-15-5-14-32-33/h1-16,24-25,30H,17-20H2. The van der Waals surface area contributed by atoms with Crippen LogP contribution in [0.15, 0.2) is 97.3 Å². The zero-order chi connectivity index (χ0) is 24.8. The Morgan fingerprint density at radius 1 is 0.919 bits per heavy atom. The summed E-state index contributed by atoms with van der Waals surface area (Å²) in [6, 6.07) is 27.0. The molecule has 2 atom stereocenters. The molecule has 3 aliphatic rings. The van der Waals surface area contributed by atoms with E-state index in [4.69, 9.17) is 9.47 Å². The fourth-order valence-electron chi connectivity index (χ4n) is 6.01. The molecule has 0 saturated carbocycles. The van der Waals surface area contributed by atoms with E-state index < -0.39 is 0 Å². The molecule has 184 valence electrons. The molecule has 37 heavy (non-hydrogen) atoms. The third-order valence-electron chi connectivity index (χ3n) is 7.75. The zero-order valence-electron chi connectivity index (χ0n) is 20.4. The number of ether oxygens (including phenoxy) is 2. The van der Waals surface area contributed by atoms with Crippen LogP contribution in [0.1, 0.15) is 29.0 Å². The lowest BCUT2D eigenvalue weighted by Gasteiger charge is -2.44. The van der Waals surface area contributed by atoms with Gasteiger partial charge in [0.05, 0.1) is 31.0 Å². The summed E-state index contributed by atoms with van der Waals surface area (Å²) in [4.78, 5) is 15.3. The number of rotatable bonds is 4. The van der Waals surface area contributed by atoms with E-state index in [9.17, 15) is 4.79 Å². The van der Waals surface area contributed by atoms with E-state index in [1.54, 1.807) is 6.20 Å². The molecule has 2 bridgehead atoms. The molecule has 3 aromatic carbocycles. The van der Waals surface area contributed by atoms with Crippen LogP contribution in [-0.4, -0.2) is 52.7 Å². The Kier molecular flexibility index (Phi) is 5.40. The van der Waals surface area contributed by atoms with Crippen molar-refractivity contribution in [1.82, 2.24) is 14.7 Å². The quantitative estimate of drug-likeness (QED) is 0.370. The van der Waals surface area contributed by atoms with Gasteiger partial charge >= 0.3 is 6.09 Å². The van der Waals surface area contributed by atoms with Gasteiger partial charge in [0.15, 0.2) is 0 Å². The first-order valence-corrected chi connectivity index (χ1v) is 12.8. The van der Waals surface area contributed by atoms with Crippen molar-refractivity contribution in [3.05, 3.63) is 114 Å². The first-order valence-electron chi connectivity index (χ1n) is 12.8. The monoisotopic (exact) mass is 489 g/mol. The normalized spacial score (nSPS) is 20.2. The number of amides is 1. The first-order chi connectivity index (χ1) is 18.3. The van der Waals surface area contributed by atoms with Gasteiger partial charge in [-0.05, 0) is 58.0 Å². The minimum absolute atomic E-state index is 0.0415. The predicted molar refractivity (Wildman–Crippen MR) is 141 cm³/mol. The average Bonchev–Trinajstić information content (AvgIpc) is 3.58. The largest absolute Gasteiger partial charge is 0.448 e. The predicted octanol–water partition coefficient (Wildman–Crippen LogP) is 5.68. The van der Waals surface area contributed by atoms with E-state index in [-0.39, 0.29) is 24.1 Å². The Morgan fingerprint density at radius 2 is 1.65 bits per heavy atom. The second kappa shape index (κ2) is 9.05. The van der Waals surface area contributed by atoms with Crippen LogP contribution in [-0.2, 0) is 9.47 Å². The maximum absolute atomic E-state index is 13.4. The van der Waals surface area contributed by atoms with Crippen molar-refractivity contribution in [3.8, 4) is 16.8 Å². The molecule has 1 aliphatic carbocycles. The molecule has 2 unspecified atom stereocenters. The summed E-state index contributed by atoms with van der Waals surface area (Å²) in [6.07, 6.45) is 6.35. The molecule has 0 radical (unpaired) electrons. The zero-order valence-corrected chi connectivity index (χ0v) is 20.4. The third kappa shape index (κ3) is 3.85. The summed E-state index contributed by atoms with van der Waals surface area (Å²) in [5, 5.41) is 4.30. The second-order valence-electron chi connectivity index (χ2n) is 9.86. The first kappa shape index (κ1) is 22.1. The van der Waals surface area contributed by atoms with Gasteiger partial charge in [0, 0.05) is 18.3 Å². The van der Waals surface area contributed by atoms with Crippen LogP contribution in [0.2, 0.25) is 0 Å². The molecule has 6 nitrogen and oxygen atoms in total. The van der Waals surface area contributed by atoms with Gasteiger partial charge in [-0.15, -0.1) is 0 Å². The number of nitrogens with zero attached hydrogens (tertiary/aromatic N) is 3. The number of morpholine rings is 1. The van der Waals surface area contributed by atoms with E-state index in [1.807, 2.05) is 21.8 Å². The molecule has 2 aliphatic heterocycles. The Bertz CT molecular complexity index is 1430. The fraction of sp³-hybridized carbons (Fsp3) is 0.226. The Labute approximate surface area is 215 Å². The number of fused-ring (bicyclic) bond motifs is 5. The molecule has 6 heteroatoms. The van der Waals surface area contributed by atoms with Crippen molar-refractivity contribution in [2.45, 2.75) is 24.4 Å². The van der Waals surface area contributed by atoms with Crippen molar-refractivity contribution in [3.63, 3.8) is 0 Å². The summed E-state index contributed by atoms with van der Waals surface area (Å²) in [5.74, 6) is 0.0524. The highest BCUT2D eigenvalue weighted by atomic mass is 16.6. The van der Waals surface area contributed by atoms with E-state index in [0.717, 1.165) is 12.1 Å². The molecule has 0 spiro atoms. The molecular formula is C31H27N3O3. The van der Waals surface area contributed by atoms with Crippen LogP contribution >= 0.6 is 0 Å². The van der Waals surface area contributed by atoms with Crippen molar-refractivity contribution in [2.24, 2.45) is 0 Å². The summed E-state index contributed by atoms with van der Waals surface area (Å²) in [7, 11) is 0. The van der Waals surface area contributed by atoms with Crippen molar-refractivity contribution in [2.75, 3.05) is 19.8 Å². The van der Waals surface area contributed by atoms with Gasteiger partial charge in [-0.3, -0.25) is 4.90 Å². The van der Waals surface area contributed by atoms with E-state index in [2.05, 4.69) is 84.0 Å². The maximum Gasteiger partial charge on any atom is 0.410 e. The van der Waals surface area contributed by atoms with Gasteiger partial charge < -0.3 is 9.47 Å². The Morgan fingerprint density at radius 3 is 2.32 bits per heavy atom. The third-order valence-corrected chi connectivity index (χ3v) is 7.75. The number of carbonyl (C=O) groups is 1. The summed E-state index contributed by atoms with van der Waals surface area (Å²) in [5.41, 5.74) is 8.34. The maximum atomic E-state index is 13.4. The highest BCUT2D eigenvalue weighted by Crippen LogP contribution is 2.44. The second-order valence-corrected chi connectivity index (χ2v) is 9.86. The molecule has 7 rings (SSSR count). The lowest BCUT2D eigenvalue weighted by Crippen LogP contribution is -2.56. The number of benzene rings is 3. The van der Waals surface area contributed by atoms with E-state index in [0.29, 0.717) is 19.8 Å². The topological polar surface area (TPSA) is 56.6 Å². The van der Waals surface area contributed by atoms with Crippen LogP contribution in [0.25, 0.3) is 22.4 Å². The lowest BCUT2D eigenvalue weighted by molar-refractivity contribution is -0.0331. The number of aromatic nitrogens is 2. The van der Waals surface area contributed by atoms with Crippen LogP contribution < -0.4 is 0 Å². The minimum atomic E-state index is -0.260. The molecule has 4 aromatic rings. The van der Waals surface area contributed by atoms with Crippen LogP contribution in [0.5, 0.6) is 0 Å². The summed E-state index contributed by atoms with van der Waals surface area (Å²) in [6.45, 7) is 1.33. The smallest absolute Gasteiger partial charge is 0.410 e. The van der Waals surface area contributed by atoms with Gasteiger partial charge in [-0.2, -0.15) is 5.10 Å². The van der Waals surface area contributed by atoms with Crippen molar-refractivity contribution >= 4 is 11.7 Å². The number of hydrogen-bond acceptors (Lipinski definition) is 4. The molecule has 1 amide bonds. The molecule has 1 saturated heterocycles. The SMILES string of the molecule is O=C(OCC1c2ccccc2-c2ccccc21)N1C2C=C(c3ccc(-n4cccn4)cc3)CC1COC2. The summed E-state index contributed by atoms with van der Waals surface area (Å²) < 4.78 is 13.7. The lowest BCUT2D eigenvalue weighted by atomic mass is 9.90.